The summed E-state index contributed by atoms with van der Waals surface area (Å²) in [5, 5.41) is 9.02. The lowest BCUT2D eigenvalue weighted by molar-refractivity contribution is -0.138. The van der Waals surface area contributed by atoms with Gasteiger partial charge in [0, 0.05) is 25.5 Å². The van der Waals surface area contributed by atoms with E-state index >= 15 is 0 Å². The molecule has 1 unspecified atom stereocenters. The Labute approximate surface area is 149 Å². The van der Waals surface area contributed by atoms with E-state index in [0.717, 1.165) is 25.2 Å². The number of piperidine rings is 1. The number of hydrogen-bond acceptors (Lipinski definition) is 3. The van der Waals surface area contributed by atoms with Crippen LogP contribution in [-0.2, 0) is 17.5 Å². The molecule has 0 aromatic carbocycles. The summed E-state index contributed by atoms with van der Waals surface area (Å²) >= 11 is 0. The van der Waals surface area contributed by atoms with E-state index in [4.69, 9.17) is 9.84 Å². The van der Waals surface area contributed by atoms with Crippen molar-refractivity contribution in [3.8, 4) is 0 Å². The molecule has 2 rings (SSSR count). The lowest BCUT2D eigenvalue weighted by atomic mass is 10.0. The molecule has 1 aromatic heterocycles. The molecule has 146 valence electrons. The molecule has 0 aliphatic carbocycles. The maximum atomic E-state index is 13.0. The van der Waals surface area contributed by atoms with Crippen LogP contribution in [0.1, 0.15) is 56.0 Å². The SMILES string of the molecule is CC(C)(C)OC(=O)N1CCCCC1Cn1cc(C(=O)O)c(C(F)(F)F)c1. The molecule has 0 spiro atoms. The van der Waals surface area contributed by atoms with E-state index in [-0.39, 0.29) is 12.6 Å². The normalized spacial score (nSPS) is 18.7. The Bertz CT molecular complexity index is 677. The summed E-state index contributed by atoms with van der Waals surface area (Å²) in [5.41, 5.74) is -2.66. The number of carboxylic acid groups (broad SMARTS) is 1. The number of nitrogens with zero attached hydrogens (tertiary/aromatic N) is 2. The van der Waals surface area contributed by atoms with Gasteiger partial charge in [-0.2, -0.15) is 13.2 Å². The van der Waals surface area contributed by atoms with Crippen LogP contribution in [0.2, 0.25) is 0 Å². The Balaban J connectivity index is 2.22. The van der Waals surface area contributed by atoms with Crippen LogP contribution < -0.4 is 0 Å². The summed E-state index contributed by atoms with van der Waals surface area (Å²) in [4.78, 5) is 25.0. The molecule has 0 radical (unpaired) electrons. The maximum Gasteiger partial charge on any atom is 0.418 e. The van der Waals surface area contributed by atoms with Gasteiger partial charge in [-0.1, -0.05) is 0 Å². The zero-order chi connectivity index (χ0) is 19.7. The van der Waals surface area contributed by atoms with Gasteiger partial charge in [0.15, 0.2) is 0 Å². The van der Waals surface area contributed by atoms with Gasteiger partial charge in [-0.15, -0.1) is 0 Å². The van der Waals surface area contributed by atoms with E-state index in [1.807, 2.05) is 0 Å². The summed E-state index contributed by atoms with van der Waals surface area (Å²) in [5.74, 6) is -1.64. The van der Waals surface area contributed by atoms with Crippen LogP contribution in [0.15, 0.2) is 12.4 Å². The first kappa shape index (κ1) is 20.1. The van der Waals surface area contributed by atoms with Crippen molar-refractivity contribution in [1.82, 2.24) is 9.47 Å². The fourth-order valence-electron chi connectivity index (χ4n) is 3.00. The van der Waals surface area contributed by atoms with Gasteiger partial charge in [0.25, 0.3) is 0 Å². The highest BCUT2D eigenvalue weighted by molar-refractivity contribution is 5.89. The van der Waals surface area contributed by atoms with Crippen LogP contribution in [0, 0.1) is 0 Å². The number of halogens is 3. The van der Waals surface area contributed by atoms with Crippen LogP contribution in [-0.4, -0.2) is 44.8 Å². The van der Waals surface area contributed by atoms with Crippen molar-refractivity contribution >= 4 is 12.1 Å². The Hall–Kier alpha value is -2.19. The largest absolute Gasteiger partial charge is 0.478 e. The molecular formula is C17H23F3N2O4. The molecule has 0 bridgehead atoms. The lowest BCUT2D eigenvalue weighted by Gasteiger charge is -2.37. The molecule has 2 heterocycles. The zero-order valence-corrected chi connectivity index (χ0v) is 15.0. The molecule has 1 aromatic rings. The predicted molar refractivity (Wildman–Crippen MR) is 87.0 cm³/mol. The maximum absolute atomic E-state index is 13.0. The molecule has 1 aliphatic heterocycles. The van der Waals surface area contributed by atoms with Gasteiger partial charge in [-0.25, -0.2) is 9.59 Å². The number of ether oxygens (including phenoxy) is 1. The average molecular weight is 376 g/mol. The second-order valence-corrected chi connectivity index (χ2v) is 7.41. The minimum atomic E-state index is -4.75. The van der Waals surface area contributed by atoms with Crippen molar-refractivity contribution in [2.45, 2.75) is 64.4 Å². The molecule has 0 saturated carbocycles. The summed E-state index contributed by atoms with van der Waals surface area (Å²) in [6, 6.07) is -0.353. The second-order valence-electron chi connectivity index (χ2n) is 7.41. The summed E-state index contributed by atoms with van der Waals surface area (Å²) in [6.07, 6.45) is -1.28. The number of carbonyl (C=O) groups is 2. The minimum absolute atomic E-state index is 0.0790. The third kappa shape index (κ3) is 4.92. The molecular weight excluding hydrogens is 353 g/mol. The van der Waals surface area contributed by atoms with Crippen molar-refractivity contribution in [3.63, 3.8) is 0 Å². The van der Waals surface area contributed by atoms with Crippen molar-refractivity contribution < 1.29 is 32.6 Å². The number of aromatic carboxylic acids is 1. The van der Waals surface area contributed by atoms with Gasteiger partial charge in [0.1, 0.15) is 5.60 Å². The molecule has 1 atom stereocenters. The molecule has 1 amide bonds. The van der Waals surface area contributed by atoms with Crippen molar-refractivity contribution in [2.24, 2.45) is 0 Å². The number of rotatable bonds is 3. The number of carbonyl (C=O) groups excluding carboxylic acids is 1. The predicted octanol–water partition coefficient (Wildman–Crippen LogP) is 3.99. The topological polar surface area (TPSA) is 71.8 Å². The first-order valence-corrected chi connectivity index (χ1v) is 8.38. The number of alkyl halides is 3. The van der Waals surface area contributed by atoms with E-state index in [0.29, 0.717) is 13.0 Å². The van der Waals surface area contributed by atoms with E-state index in [1.165, 1.54) is 9.47 Å². The van der Waals surface area contributed by atoms with Gasteiger partial charge in [0.05, 0.1) is 17.2 Å². The van der Waals surface area contributed by atoms with Gasteiger partial charge in [-0.3, -0.25) is 0 Å². The van der Waals surface area contributed by atoms with Gasteiger partial charge >= 0.3 is 18.2 Å². The fraction of sp³-hybridized carbons (Fsp3) is 0.647. The van der Waals surface area contributed by atoms with E-state index in [1.54, 1.807) is 20.8 Å². The third-order valence-corrected chi connectivity index (χ3v) is 4.09. The lowest BCUT2D eigenvalue weighted by Crippen LogP contribution is -2.47. The van der Waals surface area contributed by atoms with Crippen molar-refractivity contribution in [2.75, 3.05) is 6.54 Å². The zero-order valence-electron chi connectivity index (χ0n) is 15.0. The van der Waals surface area contributed by atoms with Crippen molar-refractivity contribution in [3.05, 3.63) is 23.5 Å². The minimum Gasteiger partial charge on any atom is -0.478 e. The number of aromatic nitrogens is 1. The summed E-state index contributed by atoms with van der Waals surface area (Å²) < 4.78 is 45.7. The summed E-state index contributed by atoms with van der Waals surface area (Å²) in [7, 11) is 0. The smallest absolute Gasteiger partial charge is 0.418 e. The molecule has 1 fully saturated rings. The highest BCUT2D eigenvalue weighted by atomic mass is 19.4. The Morgan fingerprint density at radius 3 is 2.38 bits per heavy atom. The van der Waals surface area contributed by atoms with Gasteiger partial charge in [0.2, 0.25) is 0 Å². The Kier molecular flexibility index (Phi) is 5.58. The quantitative estimate of drug-likeness (QED) is 0.866. The van der Waals surface area contributed by atoms with Crippen LogP contribution in [0.4, 0.5) is 18.0 Å². The fourth-order valence-corrected chi connectivity index (χ4v) is 3.00. The van der Waals surface area contributed by atoms with Gasteiger partial charge < -0.3 is 19.3 Å². The molecule has 6 nitrogen and oxygen atoms in total. The van der Waals surface area contributed by atoms with Crippen LogP contribution in [0.5, 0.6) is 0 Å². The van der Waals surface area contributed by atoms with E-state index < -0.39 is 35.0 Å². The third-order valence-electron chi connectivity index (χ3n) is 4.09. The Morgan fingerprint density at radius 1 is 1.23 bits per heavy atom. The van der Waals surface area contributed by atoms with E-state index in [2.05, 4.69) is 0 Å². The van der Waals surface area contributed by atoms with Crippen molar-refractivity contribution in [1.29, 1.82) is 0 Å². The van der Waals surface area contributed by atoms with Gasteiger partial charge in [-0.05, 0) is 40.0 Å². The Morgan fingerprint density at radius 2 is 1.88 bits per heavy atom. The highest BCUT2D eigenvalue weighted by Crippen LogP contribution is 2.33. The number of likely N-dealkylation sites (tertiary alicyclic amines) is 1. The standard InChI is InChI=1S/C17H23F3N2O4/c1-16(2,3)26-15(25)22-7-5-4-6-11(22)8-21-9-12(14(23)24)13(10-21)17(18,19)20/h9-11H,4-8H2,1-3H3,(H,23,24). The van der Waals surface area contributed by atoms with Crippen LogP contribution in [0.3, 0.4) is 0 Å². The van der Waals surface area contributed by atoms with Crippen LogP contribution in [0.25, 0.3) is 0 Å². The molecule has 1 N–H and O–H groups in total. The number of carboxylic acids is 1. The molecule has 1 aliphatic rings. The highest BCUT2D eigenvalue weighted by Gasteiger charge is 2.38. The molecule has 26 heavy (non-hydrogen) atoms. The monoisotopic (exact) mass is 376 g/mol. The number of amides is 1. The van der Waals surface area contributed by atoms with E-state index in [9.17, 15) is 22.8 Å². The molecule has 1 saturated heterocycles. The van der Waals surface area contributed by atoms with Crippen LogP contribution >= 0.6 is 0 Å². The first-order chi connectivity index (χ1) is 11.9. The second kappa shape index (κ2) is 7.20. The number of hydrogen-bond donors (Lipinski definition) is 1. The first-order valence-electron chi connectivity index (χ1n) is 8.38. The average Bonchev–Trinajstić information content (AvgIpc) is 2.90. The summed E-state index contributed by atoms with van der Waals surface area (Å²) in [6.45, 7) is 5.76. The molecule has 9 heteroatoms.